The number of allylic oxidation sites excluding steroid dienone is 1. The first kappa shape index (κ1) is 22.6. The van der Waals surface area contributed by atoms with Crippen LogP contribution >= 0.6 is 23.5 Å². The van der Waals surface area contributed by atoms with Gasteiger partial charge < -0.3 is 4.43 Å². The van der Waals surface area contributed by atoms with E-state index in [2.05, 4.69) is 47.7 Å². The summed E-state index contributed by atoms with van der Waals surface area (Å²) in [6.07, 6.45) is 4.47. The topological polar surface area (TPSA) is 26.3 Å². The molecule has 1 saturated carbocycles. The number of ketones is 1. The second-order valence-electron chi connectivity index (χ2n) is 9.58. The molecule has 1 saturated heterocycles. The minimum absolute atomic E-state index is 0.194. The van der Waals surface area contributed by atoms with Crippen molar-refractivity contribution in [3.8, 4) is 0 Å². The fourth-order valence-corrected chi connectivity index (χ4v) is 7.44. The smallest absolute Gasteiger partial charge is 0.191 e. The molecule has 0 N–H and O–H groups in total. The molecule has 150 valence electrons. The van der Waals surface area contributed by atoms with Crippen LogP contribution in [-0.4, -0.2) is 32.2 Å². The Labute approximate surface area is 170 Å². The van der Waals surface area contributed by atoms with Crippen molar-refractivity contribution in [2.75, 3.05) is 18.1 Å². The predicted octanol–water partition coefficient (Wildman–Crippen LogP) is 6.73. The van der Waals surface area contributed by atoms with Gasteiger partial charge in [0.2, 0.25) is 0 Å². The largest absolute Gasteiger partial charge is 0.417 e. The zero-order chi connectivity index (χ0) is 19.5. The number of thioether (sulfide) groups is 2. The van der Waals surface area contributed by atoms with Crippen LogP contribution in [0.3, 0.4) is 0 Å². The molecule has 1 heterocycles. The fourth-order valence-electron chi connectivity index (χ4n) is 3.50. The molecule has 2 nitrogen and oxygen atoms in total. The Morgan fingerprint density at radius 3 is 2.38 bits per heavy atom. The van der Waals surface area contributed by atoms with Gasteiger partial charge in [0.15, 0.2) is 14.1 Å². The number of carbonyl (C=O) groups is 1. The number of carbonyl (C=O) groups excluding carboxylic acids is 1. The normalized spacial score (nSPS) is 27.0. The van der Waals surface area contributed by atoms with Crippen molar-refractivity contribution in [2.45, 2.75) is 78.4 Å². The Kier molecular flexibility index (Phi) is 7.98. The molecule has 0 amide bonds. The molecular formula is C21H38O2S2Si. The van der Waals surface area contributed by atoms with E-state index in [4.69, 9.17) is 4.43 Å². The Balaban J connectivity index is 1.98. The van der Waals surface area contributed by atoms with Crippen molar-refractivity contribution >= 4 is 37.6 Å². The first-order valence-corrected chi connectivity index (χ1v) is 15.1. The Bertz CT molecular complexity index is 529. The summed E-state index contributed by atoms with van der Waals surface area (Å²) in [5.41, 5.74) is 1.16. The molecule has 3 atom stereocenters. The summed E-state index contributed by atoms with van der Waals surface area (Å²) >= 11 is 3.84. The number of hydrogen-bond donors (Lipinski definition) is 0. The lowest BCUT2D eigenvalue weighted by atomic mass is 9.73. The summed E-state index contributed by atoms with van der Waals surface area (Å²) in [4.78, 5) is 13.3. The maximum atomic E-state index is 13.3. The van der Waals surface area contributed by atoms with Crippen LogP contribution in [0.25, 0.3) is 0 Å². The second kappa shape index (κ2) is 9.19. The molecule has 1 aliphatic carbocycles. The van der Waals surface area contributed by atoms with Crippen LogP contribution < -0.4 is 0 Å². The number of rotatable bonds is 5. The zero-order valence-corrected chi connectivity index (χ0v) is 20.4. The van der Waals surface area contributed by atoms with Gasteiger partial charge in [-0.15, -0.1) is 23.5 Å². The highest BCUT2D eigenvalue weighted by Crippen LogP contribution is 2.45. The quantitative estimate of drug-likeness (QED) is 0.368. The third-order valence-electron chi connectivity index (χ3n) is 6.51. The molecular weight excluding hydrogens is 376 g/mol. The van der Waals surface area contributed by atoms with Gasteiger partial charge in [-0.2, -0.15) is 0 Å². The third-order valence-corrected chi connectivity index (χ3v) is 13.7. The van der Waals surface area contributed by atoms with Gasteiger partial charge in [0.05, 0.1) is 0 Å². The summed E-state index contributed by atoms with van der Waals surface area (Å²) in [5.74, 6) is 3.83. The van der Waals surface area contributed by atoms with E-state index in [0.29, 0.717) is 17.6 Å². The fraction of sp³-hybridized carbons (Fsp3) is 0.857. The number of hydrogen-bond acceptors (Lipinski definition) is 4. The lowest BCUT2D eigenvalue weighted by Gasteiger charge is -2.37. The molecule has 0 radical (unpaired) electrons. The van der Waals surface area contributed by atoms with Gasteiger partial charge in [-0.25, -0.2) is 0 Å². The molecule has 2 fully saturated rings. The van der Waals surface area contributed by atoms with Gasteiger partial charge in [-0.1, -0.05) is 34.6 Å². The highest BCUT2D eigenvalue weighted by Gasteiger charge is 2.39. The van der Waals surface area contributed by atoms with Crippen LogP contribution in [0.4, 0.5) is 0 Å². The van der Waals surface area contributed by atoms with Crippen molar-refractivity contribution < 1.29 is 9.22 Å². The van der Waals surface area contributed by atoms with Gasteiger partial charge in [-0.05, 0) is 67.2 Å². The van der Waals surface area contributed by atoms with Crippen molar-refractivity contribution in [1.29, 1.82) is 0 Å². The minimum Gasteiger partial charge on any atom is -0.417 e. The van der Waals surface area contributed by atoms with E-state index in [1.807, 2.05) is 23.5 Å². The Morgan fingerprint density at radius 2 is 1.81 bits per heavy atom. The van der Waals surface area contributed by atoms with E-state index >= 15 is 0 Å². The lowest BCUT2D eigenvalue weighted by molar-refractivity contribution is -0.122. The summed E-state index contributed by atoms with van der Waals surface area (Å²) in [7, 11) is -1.69. The molecule has 0 spiro atoms. The van der Waals surface area contributed by atoms with Crippen molar-refractivity contribution in [3.63, 3.8) is 0 Å². The number of Topliss-reactive ketones (excluding diaryl/α,β-unsaturated/α-hetero) is 1. The first-order chi connectivity index (χ1) is 12.0. The molecule has 1 aliphatic heterocycles. The van der Waals surface area contributed by atoms with Crippen LogP contribution in [0.1, 0.15) is 60.3 Å². The SMILES string of the molecule is C[C@H]1CC[C@H]([C@@H](C)CCO[Si](C)(C)C(C)(C)C)C(=O)C1=C1SCCCS1. The minimum atomic E-state index is -1.69. The molecule has 2 rings (SSSR count). The van der Waals surface area contributed by atoms with Gasteiger partial charge in [0.25, 0.3) is 0 Å². The van der Waals surface area contributed by atoms with E-state index in [1.54, 1.807) is 0 Å². The van der Waals surface area contributed by atoms with Crippen LogP contribution in [0, 0.1) is 17.8 Å². The van der Waals surface area contributed by atoms with E-state index in [1.165, 1.54) is 22.2 Å². The van der Waals surface area contributed by atoms with E-state index in [0.717, 1.165) is 31.4 Å². The Hall–Kier alpha value is 0.287. The molecule has 0 aromatic carbocycles. The maximum absolute atomic E-state index is 13.3. The van der Waals surface area contributed by atoms with Crippen molar-refractivity contribution in [3.05, 3.63) is 9.81 Å². The molecule has 0 aromatic rings. The summed E-state index contributed by atoms with van der Waals surface area (Å²) < 4.78 is 7.70. The third kappa shape index (κ3) is 5.42. The van der Waals surface area contributed by atoms with Crippen LogP contribution in [0.15, 0.2) is 9.81 Å². The van der Waals surface area contributed by atoms with Gasteiger partial charge in [-0.3, -0.25) is 4.79 Å². The monoisotopic (exact) mass is 414 g/mol. The molecule has 0 aromatic heterocycles. The van der Waals surface area contributed by atoms with Gasteiger partial charge in [0, 0.05) is 22.3 Å². The predicted molar refractivity (Wildman–Crippen MR) is 120 cm³/mol. The molecule has 26 heavy (non-hydrogen) atoms. The van der Waals surface area contributed by atoms with E-state index < -0.39 is 8.32 Å². The maximum Gasteiger partial charge on any atom is 0.191 e. The highest BCUT2D eigenvalue weighted by atomic mass is 32.2. The van der Waals surface area contributed by atoms with Crippen LogP contribution in [-0.2, 0) is 9.22 Å². The van der Waals surface area contributed by atoms with E-state index in [9.17, 15) is 4.79 Å². The van der Waals surface area contributed by atoms with Crippen molar-refractivity contribution in [2.24, 2.45) is 17.8 Å². The van der Waals surface area contributed by atoms with Crippen LogP contribution in [0.5, 0.6) is 0 Å². The Morgan fingerprint density at radius 1 is 1.19 bits per heavy atom. The summed E-state index contributed by atoms with van der Waals surface area (Å²) in [6.45, 7) is 16.8. The highest BCUT2D eigenvalue weighted by molar-refractivity contribution is 8.22. The van der Waals surface area contributed by atoms with Crippen molar-refractivity contribution in [1.82, 2.24) is 0 Å². The second-order valence-corrected chi connectivity index (χ2v) is 16.9. The van der Waals surface area contributed by atoms with Gasteiger partial charge >= 0.3 is 0 Å². The molecule has 5 heteroatoms. The van der Waals surface area contributed by atoms with Crippen LogP contribution in [0.2, 0.25) is 18.1 Å². The summed E-state index contributed by atoms with van der Waals surface area (Å²) in [6, 6.07) is 0. The first-order valence-electron chi connectivity index (χ1n) is 10.2. The van der Waals surface area contributed by atoms with E-state index in [-0.39, 0.29) is 11.0 Å². The average Bonchev–Trinajstić information content (AvgIpc) is 2.54. The molecule has 0 unspecified atom stereocenters. The molecule has 0 bridgehead atoms. The molecule has 2 aliphatic rings. The summed E-state index contributed by atoms with van der Waals surface area (Å²) in [5, 5.41) is 0.249. The standard InChI is InChI=1S/C21H38O2S2Si/c1-15(11-12-23-26(6,7)21(3,4)5)17-10-9-16(2)18(19(17)22)20-24-13-8-14-25-20/h15-17H,8-14H2,1-7H3/t15-,16-,17+/m0/s1. The zero-order valence-electron chi connectivity index (χ0n) is 17.8. The van der Waals surface area contributed by atoms with Gasteiger partial charge in [0.1, 0.15) is 0 Å². The lowest BCUT2D eigenvalue weighted by Crippen LogP contribution is -2.41. The average molecular weight is 415 g/mol.